The van der Waals surface area contributed by atoms with Crippen molar-refractivity contribution in [2.45, 2.75) is 32.2 Å². The van der Waals surface area contributed by atoms with Gasteiger partial charge in [0.15, 0.2) is 0 Å². The van der Waals surface area contributed by atoms with Gasteiger partial charge in [-0.15, -0.1) is 0 Å². The molecule has 1 aliphatic heterocycles. The fourth-order valence-electron chi connectivity index (χ4n) is 3.01. The second-order valence-corrected chi connectivity index (χ2v) is 6.87. The molecular weight excluding hydrogens is 320 g/mol. The minimum absolute atomic E-state index is 0.0474. The standard InChI is InChI=1S/C19H30N2O4/c1-19(2,21-9-11-25-12-10-21)14-20-18(22)8-5-15-13-16(23-3)6-7-17(15)24-4/h6-7,13H,5,8-12,14H2,1-4H3,(H,20,22). The Balaban J connectivity index is 1.84. The van der Waals surface area contributed by atoms with Gasteiger partial charge in [-0.25, -0.2) is 0 Å². The number of benzene rings is 1. The molecule has 0 bridgehead atoms. The molecule has 1 N–H and O–H groups in total. The lowest BCUT2D eigenvalue weighted by molar-refractivity contribution is -0.121. The molecule has 1 heterocycles. The number of hydrogen-bond acceptors (Lipinski definition) is 5. The monoisotopic (exact) mass is 350 g/mol. The number of ether oxygens (including phenoxy) is 3. The van der Waals surface area contributed by atoms with Crippen LogP contribution in [0.2, 0.25) is 0 Å². The highest BCUT2D eigenvalue weighted by atomic mass is 16.5. The summed E-state index contributed by atoms with van der Waals surface area (Å²) in [5.74, 6) is 1.60. The third kappa shape index (κ3) is 5.61. The average Bonchev–Trinajstić information content (AvgIpc) is 2.65. The largest absolute Gasteiger partial charge is 0.497 e. The molecule has 0 atom stereocenters. The van der Waals surface area contributed by atoms with Crippen molar-refractivity contribution in [2.24, 2.45) is 0 Å². The third-order valence-electron chi connectivity index (χ3n) is 4.69. The Hall–Kier alpha value is -1.79. The minimum atomic E-state index is -0.0763. The molecule has 1 aromatic rings. The summed E-state index contributed by atoms with van der Waals surface area (Å²) in [4.78, 5) is 14.6. The van der Waals surface area contributed by atoms with Crippen LogP contribution in [0.25, 0.3) is 0 Å². The van der Waals surface area contributed by atoms with E-state index in [9.17, 15) is 4.79 Å². The number of methoxy groups -OCH3 is 2. The van der Waals surface area contributed by atoms with E-state index in [-0.39, 0.29) is 11.4 Å². The molecule has 1 amide bonds. The molecule has 6 nitrogen and oxygen atoms in total. The second kappa shape index (κ2) is 9.06. The summed E-state index contributed by atoms with van der Waals surface area (Å²) in [7, 11) is 3.27. The number of hydrogen-bond donors (Lipinski definition) is 1. The molecule has 1 fully saturated rings. The first kappa shape index (κ1) is 19.5. The Morgan fingerprint density at radius 3 is 2.60 bits per heavy atom. The van der Waals surface area contributed by atoms with Crippen LogP contribution in [-0.4, -0.2) is 63.4 Å². The number of amides is 1. The molecule has 0 spiro atoms. The van der Waals surface area contributed by atoms with Gasteiger partial charge < -0.3 is 19.5 Å². The fourth-order valence-corrected chi connectivity index (χ4v) is 3.01. The number of carbonyl (C=O) groups is 1. The van der Waals surface area contributed by atoms with E-state index in [2.05, 4.69) is 24.1 Å². The summed E-state index contributed by atoms with van der Waals surface area (Å²) in [6, 6.07) is 5.64. The number of aryl methyl sites for hydroxylation is 1. The SMILES string of the molecule is COc1ccc(OC)c(CCC(=O)NCC(C)(C)N2CCOCC2)c1. The first-order chi connectivity index (χ1) is 12.0. The molecule has 25 heavy (non-hydrogen) atoms. The summed E-state index contributed by atoms with van der Waals surface area (Å²) in [5.41, 5.74) is 0.900. The van der Waals surface area contributed by atoms with Crippen molar-refractivity contribution in [3.63, 3.8) is 0 Å². The normalized spacial score (nSPS) is 15.7. The van der Waals surface area contributed by atoms with Crippen LogP contribution in [0.4, 0.5) is 0 Å². The minimum Gasteiger partial charge on any atom is -0.497 e. The highest BCUT2D eigenvalue weighted by Crippen LogP contribution is 2.25. The number of nitrogens with zero attached hydrogens (tertiary/aromatic N) is 1. The number of carbonyl (C=O) groups excluding carboxylic acids is 1. The lowest BCUT2D eigenvalue weighted by atomic mass is 10.0. The van der Waals surface area contributed by atoms with E-state index in [0.29, 0.717) is 19.4 Å². The van der Waals surface area contributed by atoms with E-state index in [1.54, 1.807) is 14.2 Å². The summed E-state index contributed by atoms with van der Waals surface area (Å²) in [6.07, 6.45) is 1.03. The Bertz CT molecular complexity index is 569. The zero-order chi connectivity index (χ0) is 18.3. The topological polar surface area (TPSA) is 60.0 Å². The van der Waals surface area contributed by atoms with Crippen LogP contribution >= 0.6 is 0 Å². The van der Waals surface area contributed by atoms with E-state index in [1.165, 1.54) is 0 Å². The van der Waals surface area contributed by atoms with Crippen LogP contribution in [0, 0.1) is 0 Å². The van der Waals surface area contributed by atoms with Gasteiger partial charge in [-0.2, -0.15) is 0 Å². The Kier molecular flexibility index (Phi) is 7.08. The average molecular weight is 350 g/mol. The van der Waals surface area contributed by atoms with Gasteiger partial charge in [-0.3, -0.25) is 9.69 Å². The van der Waals surface area contributed by atoms with Crippen LogP contribution in [0.5, 0.6) is 11.5 Å². The first-order valence-corrected chi connectivity index (χ1v) is 8.76. The lowest BCUT2D eigenvalue weighted by Gasteiger charge is -2.40. The van der Waals surface area contributed by atoms with Gasteiger partial charge in [0.2, 0.25) is 5.91 Å². The van der Waals surface area contributed by atoms with Crippen LogP contribution < -0.4 is 14.8 Å². The zero-order valence-electron chi connectivity index (χ0n) is 15.8. The van der Waals surface area contributed by atoms with Crippen molar-refractivity contribution in [3.05, 3.63) is 23.8 Å². The van der Waals surface area contributed by atoms with Crippen LogP contribution in [-0.2, 0) is 16.0 Å². The fraction of sp³-hybridized carbons (Fsp3) is 0.632. The highest BCUT2D eigenvalue weighted by molar-refractivity contribution is 5.76. The second-order valence-electron chi connectivity index (χ2n) is 6.87. The van der Waals surface area contributed by atoms with Crippen molar-refractivity contribution in [1.82, 2.24) is 10.2 Å². The van der Waals surface area contributed by atoms with Gasteiger partial charge in [0.25, 0.3) is 0 Å². The maximum Gasteiger partial charge on any atom is 0.220 e. The maximum absolute atomic E-state index is 12.3. The molecule has 0 unspecified atom stereocenters. The molecule has 6 heteroatoms. The van der Waals surface area contributed by atoms with Gasteiger partial charge in [0, 0.05) is 31.6 Å². The van der Waals surface area contributed by atoms with Crippen LogP contribution in [0.15, 0.2) is 18.2 Å². The maximum atomic E-state index is 12.3. The Labute approximate surface area is 150 Å². The van der Waals surface area contributed by atoms with Gasteiger partial charge in [0.1, 0.15) is 11.5 Å². The molecule has 1 aliphatic rings. The smallest absolute Gasteiger partial charge is 0.220 e. The summed E-state index contributed by atoms with van der Waals surface area (Å²) >= 11 is 0. The van der Waals surface area contributed by atoms with Crippen LogP contribution in [0.1, 0.15) is 25.8 Å². The molecule has 0 aliphatic carbocycles. The highest BCUT2D eigenvalue weighted by Gasteiger charge is 2.28. The molecule has 140 valence electrons. The Morgan fingerprint density at radius 1 is 1.24 bits per heavy atom. The van der Waals surface area contributed by atoms with Crippen molar-refractivity contribution >= 4 is 5.91 Å². The molecule has 0 saturated carbocycles. The predicted octanol–water partition coefficient (Wildman–Crippen LogP) is 1.86. The number of rotatable bonds is 8. The number of morpholine rings is 1. The molecule has 0 aromatic heterocycles. The number of nitrogens with one attached hydrogen (secondary N) is 1. The Morgan fingerprint density at radius 2 is 1.96 bits per heavy atom. The zero-order valence-corrected chi connectivity index (χ0v) is 15.8. The van der Waals surface area contributed by atoms with Gasteiger partial charge in [-0.05, 0) is 44.0 Å². The van der Waals surface area contributed by atoms with Gasteiger partial charge >= 0.3 is 0 Å². The van der Waals surface area contributed by atoms with E-state index >= 15 is 0 Å². The predicted molar refractivity (Wildman–Crippen MR) is 97.3 cm³/mol. The van der Waals surface area contributed by atoms with E-state index in [4.69, 9.17) is 14.2 Å². The summed E-state index contributed by atoms with van der Waals surface area (Å²) in [5, 5.41) is 3.06. The quantitative estimate of drug-likeness (QED) is 0.775. The lowest BCUT2D eigenvalue weighted by Crippen LogP contribution is -2.55. The van der Waals surface area contributed by atoms with E-state index in [0.717, 1.165) is 43.4 Å². The van der Waals surface area contributed by atoms with Crippen molar-refractivity contribution < 1.29 is 19.0 Å². The van der Waals surface area contributed by atoms with Crippen molar-refractivity contribution in [1.29, 1.82) is 0 Å². The van der Waals surface area contributed by atoms with E-state index in [1.807, 2.05) is 18.2 Å². The summed E-state index contributed by atoms with van der Waals surface area (Å²) in [6.45, 7) is 8.27. The van der Waals surface area contributed by atoms with Crippen LogP contribution in [0.3, 0.4) is 0 Å². The molecular formula is C19H30N2O4. The van der Waals surface area contributed by atoms with Gasteiger partial charge in [-0.1, -0.05) is 0 Å². The first-order valence-electron chi connectivity index (χ1n) is 8.76. The van der Waals surface area contributed by atoms with Crippen molar-refractivity contribution in [3.8, 4) is 11.5 Å². The summed E-state index contributed by atoms with van der Waals surface area (Å²) < 4.78 is 16.0. The molecule has 1 saturated heterocycles. The van der Waals surface area contributed by atoms with Crippen molar-refractivity contribution in [2.75, 3.05) is 47.1 Å². The molecule has 2 rings (SSSR count). The molecule has 0 radical (unpaired) electrons. The third-order valence-corrected chi connectivity index (χ3v) is 4.69. The molecule has 1 aromatic carbocycles. The van der Waals surface area contributed by atoms with Gasteiger partial charge in [0.05, 0.1) is 27.4 Å². The van der Waals surface area contributed by atoms with E-state index < -0.39 is 0 Å².